The van der Waals surface area contributed by atoms with Crippen molar-refractivity contribution < 1.29 is 0 Å². The number of nitrogens with one attached hydrogen (secondary N) is 1. The van der Waals surface area contributed by atoms with Crippen molar-refractivity contribution in [1.29, 1.82) is 0 Å². The summed E-state index contributed by atoms with van der Waals surface area (Å²) in [5.41, 5.74) is 2.82. The highest BCUT2D eigenvalue weighted by molar-refractivity contribution is 5.55. The van der Waals surface area contributed by atoms with Crippen LogP contribution in [0, 0.1) is 5.41 Å². The molecule has 0 atom stereocenters. The molecule has 1 aliphatic rings. The second-order valence-corrected chi connectivity index (χ2v) is 6.19. The zero-order chi connectivity index (χ0) is 13.2. The number of anilines is 2. The maximum Gasteiger partial charge on any atom is 0.0573 e. The monoisotopic (exact) mass is 247 g/mol. The standard InChI is InChI=1S/C15H25N3/c1-15(2)7-5-13(6-8-15)18(4)14-9-12(16-3)10-17-11-14/h9-11,13,16H,5-8H2,1-4H3. The van der Waals surface area contributed by atoms with E-state index in [1.165, 1.54) is 31.4 Å². The molecule has 1 saturated carbocycles. The fourth-order valence-electron chi connectivity index (χ4n) is 2.74. The highest BCUT2D eigenvalue weighted by Crippen LogP contribution is 2.37. The molecular formula is C15H25N3. The van der Waals surface area contributed by atoms with E-state index in [4.69, 9.17) is 0 Å². The van der Waals surface area contributed by atoms with Gasteiger partial charge in [-0.25, -0.2) is 0 Å². The van der Waals surface area contributed by atoms with Gasteiger partial charge in [0.05, 0.1) is 23.8 Å². The van der Waals surface area contributed by atoms with Gasteiger partial charge in [0.2, 0.25) is 0 Å². The molecule has 1 aliphatic carbocycles. The summed E-state index contributed by atoms with van der Waals surface area (Å²) in [6.45, 7) is 4.76. The molecule has 1 N–H and O–H groups in total. The largest absolute Gasteiger partial charge is 0.387 e. The van der Waals surface area contributed by atoms with Gasteiger partial charge in [0.15, 0.2) is 0 Å². The zero-order valence-electron chi connectivity index (χ0n) is 12.0. The third-order valence-corrected chi connectivity index (χ3v) is 4.28. The molecule has 0 bridgehead atoms. The van der Waals surface area contributed by atoms with E-state index < -0.39 is 0 Å². The molecule has 0 unspecified atom stereocenters. The molecule has 0 aromatic carbocycles. The van der Waals surface area contributed by atoms with Gasteiger partial charge in [0.25, 0.3) is 0 Å². The van der Waals surface area contributed by atoms with Crippen molar-refractivity contribution in [3.05, 3.63) is 18.5 Å². The fourth-order valence-corrected chi connectivity index (χ4v) is 2.74. The van der Waals surface area contributed by atoms with Gasteiger partial charge in [-0.05, 0) is 37.2 Å². The van der Waals surface area contributed by atoms with E-state index in [-0.39, 0.29) is 0 Å². The first kappa shape index (κ1) is 13.2. The van der Waals surface area contributed by atoms with Gasteiger partial charge in [-0.2, -0.15) is 0 Å². The molecule has 18 heavy (non-hydrogen) atoms. The van der Waals surface area contributed by atoms with E-state index in [2.05, 4.69) is 42.2 Å². The van der Waals surface area contributed by atoms with Crippen molar-refractivity contribution >= 4 is 11.4 Å². The number of rotatable bonds is 3. The number of aromatic nitrogens is 1. The lowest BCUT2D eigenvalue weighted by atomic mass is 9.75. The smallest absolute Gasteiger partial charge is 0.0573 e. The minimum absolute atomic E-state index is 0.530. The van der Waals surface area contributed by atoms with Crippen molar-refractivity contribution in [3.8, 4) is 0 Å². The van der Waals surface area contributed by atoms with Crippen LogP contribution in [0.15, 0.2) is 18.5 Å². The Kier molecular flexibility index (Phi) is 3.79. The molecule has 2 rings (SSSR count). The van der Waals surface area contributed by atoms with Crippen LogP contribution in [0.1, 0.15) is 39.5 Å². The lowest BCUT2D eigenvalue weighted by Crippen LogP contribution is -2.37. The van der Waals surface area contributed by atoms with Gasteiger partial charge in [-0.3, -0.25) is 4.98 Å². The van der Waals surface area contributed by atoms with E-state index in [1.54, 1.807) is 0 Å². The summed E-state index contributed by atoms with van der Waals surface area (Å²) in [7, 11) is 4.13. The van der Waals surface area contributed by atoms with Crippen LogP contribution < -0.4 is 10.2 Å². The molecule has 3 heteroatoms. The summed E-state index contributed by atoms with van der Waals surface area (Å²) in [5.74, 6) is 0. The SMILES string of the molecule is CNc1cncc(N(C)C2CCC(C)(C)CC2)c1. The maximum atomic E-state index is 4.30. The molecule has 3 nitrogen and oxygen atoms in total. The summed E-state index contributed by atoms with van der Waals surface area (Å²) >= 11 is 0. The van der Waals surface area contributed by atoms with E-state index in [0.29, 0.717) is 11.5 Å². The van der Waals surface area contributed by atoms with Crippen LogP contribution in [0.2, 0.25) is 0 Å². The number of pyridine rings is 1. The molecule has 0 spiro atoms. The average molecular weight is 247 g/mol. The van der Waals surface area contributed by atoms with Gasteiger partial charge in [0.1, 0.15) is 0 Å². The molecule has 0 saturated heterocycles. The van der Waals surface area contributed by atoms with Crippen molar-refractivity contribution in [2.45, 2.75) is 45.6 Å². The van der Waals surface area contributed by atoms with Crippen molar-refractivity contribution in [2.24, 2.45) is 5.41 Å². The predicted octanol–water partition coefficient (Wildman–Crippen LogP) is 3.53. The van der Waals surface area contributed by atoms with Crippen LogP contribution in [-0.2, 0) is 0 Å². The van der Waals surface area contributed by atoms with Gasteiger partial charge < -0.3 is 10.2 Å². The number of hydrogen-bond donors (Lipinski definition) is 1. The van der Waals surface area contributed by atoms with Gasteiger partial charge in [-0.1, -0.05) is 13.8 Å². The Morgan fingerprint density at radius 1 is 1.28 bits per heavy atom. The van der Waals surface area contributed by atoms with Crippen LogP contribution in [0.3, 0.4) is 0 Å². The molecular weight excluding hydrogens is 222 g/mol. The molecule has 100 valence electrons. The van der Waals surface area contributed by atoms with E-state index >= 15 is 0 Å². The second-order valence-electron chi connectivity index (χ2n) is 6.19. The lowest BCUT2D eigenvalue weighted by Gasteiger charge is -2.39. The van der Waals surface area contributed by atoms with E-state index in [0.717, 1.165) is 5.69 Å². The molecule has 0 aliphatic heterocycles. The van der Waals surface area contributed by atoms with Gasteiger partial charge >= 0.3 is 0 Å². The quantitative estimate of drug-likeness (QED) is 0.885. The average Bonchev–Trinajstić information content (AvgIpc) is 2.38. The van der Waals surface area contributed by atoms with Gasteiger partial charge in [0, 0.05) is 20.1 Å². The minimum Gasteiger partial charge on any atom is -0.387 e. The summed E-state index contributed by atoms with van der Waals surface area (Å²) < 4.78 is 0. The molecule has 1 heterocycles. The summed E-state index contributed by atoms with van der Waals surface area (Å²) in [6, 6.07) is 2.83. The Hall–Kier alpha value is -1.25. The third-order valence-electron chi connectivity index (χ3n) is 4.28. The molecule has 0 amide bonds. The molecule has 1 fully saturated rings. The maximum absolute atomic E-state index is 4.30. The Morgan fingerprint density at radius 2 is 1.94 bits per heavy atom. The second kappa shape index (κ2) is 5.17. The normalized spacial score (nSPS) is 19.6. The van der Waals surface area contributed by atoms with Crippen LogP contribution in [0.25, 0.3) is 0 Å². The topological polar surface area (TPSA) is 28.2 Å². The Morgan fingerprint density at radius 3 is 2.56 bits per heavy atom. The highest BCUT2D eigenvalue weighted by Gasteiger charge is 2.28. The third kappa shape index (κ3) is 2.95. The number of hydrogen-bond acceptors (Lipinski definition) is 3. The molecule has 1 aromatic rings. The predicted molar refractivity (Wildman–Crippen MR) is 78.2 cm³/mol. The van der Waals surface area contributed by atoms with Crippen LogP contribution in [0.4, 0.5) is 11.4 Å². The van der Waals surface area contributed by atoms with Crippen LogP contribution >= 0.6 is 0 Å². The van der Waals surface area contributed by atoms with E-state index in [9.17, 15) is 0 Å². The van der Waals surface area contributed by atoms with E-state index in [1.807, 2.05) is 19.4 Å². The molecule has 1 aromatic heterocycles. The van der Waals surface area contributed by atoms with Crippen LogP contribution in [-0.4, -0.2) is 25.1 Å². The first-order valence-electron chi connectivity index (χ1n) is 6.87. The summed E-state index contributed by atoms with van der Waals surface area (Å²) in [5, 5.41) is 3.15. The van der Waals surface area contributed by atoms with Crippen molar-refractivity contribution in [3.63, 3.8) is 0 Å². The molecule has 0 radical (unpaired) electrons. The fraction of sp³-hybridized carbons (Fsp3) is 0.667. The number of nitrogens with zero attached hydrogens (tertiary/aromatic N) is 2. The Bertz CT molecular complexity index is 390. The van der Waals surface area contributed by atoms with Crippen molar-refractivity contribution in [2.75, 3.05) is 24.3 Å². The zero-order valence-corrected chi connectivity index (χ0v) is 12.0. The Labute approximate surface area is 111 Å². The van der Waals surface area contributed by atoms with Crippen LogP contribution in [0.5, 0.6) is 0 Å². The highest BCUT2D eigenvalue weighted by atomic mass is 15.1. The lowest BCUT2D eigenvalue weighted by molar-refractivity contribution is 0.222. The summed E-state index contributed by atoms with van der Waals surface area (Å²) in [6.07, 6.45) is 9.03. The summed E-state index contributed by atoms with van der Waals surface area (Å²) in [4.78, 5) is 6.69. The van der Waals surface area contributed by atoms with Gasteiger partial charge in [-0.15, -0.1) is 0 Å². The van der Waals surface area contributed by atoms with Crippen molar-refractivity contribution in [1.82, 2.24) is 4.98 Å². The minimum atomic E-state index is 0.530. The first-order valence-corrected chi connectivity index (χ1v) is 6.87. The Balaban J connectivity index is 2.05. The first-order chi connectivity index (χ1) is 8.52.